The van der Waals surface area contributed by atoms with E-state index in [1.807, 2.05) is 19.1 Å². The van der Waals surface area contributed by atoms with Crippen molar-refractivity contribution < 1.29 is 9.59 Å². The molecule has 20 heavy (non-hydrogen) atoms. The second-order valence-electron chi connectivity index (χ2n) is 4.67. The molecule has 0 spiro atoms. The molecule has 3 rings (SSSR count). The predicted molar refractivity (Wildman–Crippen MR) is 75.9 cm³/mol. The van der Waals surface area contributed by atoms with Crippen LogP contribution in [0.4, 0.5) is 5.69 Å². The van der Waals surface area contributed by atoms with Crippen LogP contribution in [-0.4, -0.2) is 16.7 Å². The highest BCUT2D eigenvalue weighted by molar-refractivity contribution is 6.55. The molecule has 0 atom stereocenters. The smallest absolute Gasteiger partial charge is 0.299 e. The van der Waals surface area contributed by atoms with E-state index < -0.39 is 11.7 Å². The quantitative estimate of drug-likeness (QED) is 0.798. The lowest BCUT2D eigenvalue weighted by molar-refractivity contribution is -0.114. The van der Waals surface area contributed by atoms with Gasteiger partial charge in [0.05, 0.1) is 22.8 Å². The van der Waals surface area contributed by atoms with Crippen LogP contribution in [0.15, 0.2) is 36.7 Å². The van der Waals surface area contributed by atoms with Crippen molar-refractivity contribution >= 4 is 29.0 Å². The molecule has 0 N–H and O–H groups in total. The second-order valence-corrected chi connectivity index (χ2v) is 5.08. The maximum absolute atomic E-state index is 12.2. The minimum atomic E-state index is -0.544. The number of nitrogens with zero attached hydrogens (tertiary/aromatic N) is 2. The summed E-state index contributed by atoms with van der Waals surface area (Å²) in [4.78, 5) is 29.7. The van der Waals surface area contributed by atoms with Gasteiger partial charge in [-0.15, -0.1) is 0 Å². The lowest BCUT2D eigenvalue weighted by Gasteiger charge is -2.18. The molecule has 1 aliphatic heterocycles. The summed E-state index contributed by atoms with van der Waals surface area (Å²) >= 11 is 6.06. The number of aryl methyl sites for hydroxylation is 1. The van der Waals surface area contributed by atoms with E-state index >= 15 is 0 Å². The summed E-state index contributed by atoms with van der Waals surface area (Å²) in [5, 5.41) is 0.317. The third-order valence-electron chi connectivity index (χ3n) is 3.33. The van der Waals surface area contributed by atoms with Crippen LogP contribution in [0.2, 0.25) is 5.02 Å². The molecule has 5 heteroatoms. The van der Waals surface area contributed by atoms with Gasteiger partial charge in [-0.3, -0.25) is 19.5 Å². The van der Waals surface area contributed by atoms with E-state index in [4.69, 9.17) is 11.6 Å². The minimum Gasteiger partial charge on any atom is -0.300 e. The summed E-state index contributed by atoms with van der Waals surface area (Å²) in [6.07, 6.45) is 3.34. The van der Waals surface area contributed by atoms with Crippen molar-refractivity contribution in [3.63, 3.8) is 0 Å². The number of benzene rings is 1. The van der Waals surface area contributed by atoms with E-state index in [0.717, 1.165) is 11.1 Å². The number of carbonyl (C=O) groups excluding carboxylic acids is 2. The molecule has 0 radical (unpaired) electrons. The Morgan fingerprint density at radius 3 is 2.75 bits per heavy atom. The number of carbonyl (C=O) groups is 2. The number of ketones is 1. The number of fused-ring (bicyclic) bond motifs is 1. The number of aromatic nitrogens is 1. The fourth-order valence-corrected chi connectivity index (χ4v) is 2.63. The Bertz CT molecular complexity index is 713. The van der Waals surface area contributed by atoms with Crippen LogP contribution in [-0.2, 0) is 11.3 Å². The predicted octanol–water partition coefficient (Wildman–Crippen LogP) is 2.77. The van der Waals surface area contributed by atoms with Crippen molar-refractivity contribution in [2.24, 2.45) is 0 Å². The summed E-state index contributed by atoms with van der Waals surface area (Å²) in [6.45, 7) is 2.17. The minimum absolute atomic E-state index is 0.306. The molecule has 1 aromatic carbocycles. The van der Waals surface area contributed by atoms with E-state index in [1.54, 1.807) is 24.5 Å². The third kappa shape index (κ3) is 1.89. The summed E-state index contributed by atoms with van der Waals surface area (Å²) in [5.41, 5.74) is 2.63. The van der Waals surface area contributed by atoms with Crippen molar-refractivity contribution in [2.75, 3.05) is 4.90 Å². The van der Waals surface area contributed by atoms with Gasteiger partial charge in [0.25, 0.3) is 11.7 Å². The molecule has 2 aromatic rings. The normalized spacial score (nSPS) is 13.8. The second kappa shape index (κ2) is 4.72. The summed E-state index contributed by atoms with van der Waals surface area (Å²) in [6, 6.07) is 7.11. The molecule has 4 nitrogen and oxygen atoms in total. The maximum atomic E-state index is 12.2. The van der Waals surface area contributed by atoms with Gasteiger partial charge in [-0.05, 0) is 30.2 Å². The SMILES string of the molecule is Cc1ccc(Cl)c2c1N(Cc1cccnc1)C(=O)C2=O. The van der Waals surface area contributed by atoms with Gasteiger partial charge in [0.1, 0.15) is 0 Å². The first kappa shape index (κ1) is 12.8. The highest BCUT2D eigenvalue weighted by atomic mass is 35.5. The maximum Gasteiger partial charge on any atom is 0.299 e. The average molecular weight is 287 g/mol. The van der Waals surface area contributed by atoms with E-state index in [2.05, 4.69) is 4.98 Å². The van der Waals surface area contributed by atoms with Crippen molar-refractivity contribution in [1.82, 2.24) is 4.98 Å². The standard InChI is InChI=1S/C15H11ClN2O2/c1-9-4-5-11(16)12-13(9)18(15(20)14(12)19)8-10-3-2-6-17-7-10/h2-7H,8H2,1H3. The Kier molecular flexibility index (Phi) is 3.03. The van der Waals surface area contributed by atoms with Crippen LogP contribution in [0.1, 0.15) is 21.5 Å². The third-order valence-corrected chi connectivity index (χ3v) is 3.64. The molecule has 1 aliphatic rings. The molecular weight excluding hydrogens is 276 g/mol. The molecule has 0 aliphatic carbocycles. The van der Waals surface area contributed by atoms with Crippen molar-refractivity contribution in [1.29, 1.82) is 0 Å². The van der Waals surface area contributed by atoms with Crippen LogP contribution < -0.4 is 4.90 Å². The Labute approximate surface area is 121 Å². The molecule has 2 heterocycles. The lowest BCUT2D eigenvalue weighted by atomic mass is 10.1. The van der Waals surface area contributed by atoms with Gasteiger partial charge in [-0.1, -0.05) is 23.7 Å². The fraction of sp³-hybridized carbons (Fsp3) is 0.133. The first-order valence-corrected chi connectivity index (χ1v) is 6.51. The van der Waals surface area contributed by atoms with E-state index in [1.165, 1.54) is 4.90 Å². The van der Waals surface area contributed by atoms with Crippen LogP contribution in [0.5, 0.6) is 0 Å². The number of pyridine rings is 1. The Balaban J connectivity index is 2.09. The van der Waals surface area contributed by atoms with E-state index in [0.29, 0.717) is 22.8 Å². The molecule has 0 bridgehead atoms. The van der Waals surface area contributed by atoms with Gasteiger partial charge in [0.2, 0.25) is 0 Å². The molecule has 100 valence electrons. The monoisotopic (exact) mass is 286 g/mol. The van der Waals surface area contributed by atoms with Crippen molar-refractivity contribution in [2.45, 2.75) is 13.5 Å². The Morgan fingerprint density at radius 2 is 2.05 bits per heavy atom. The fourth-order valence-electron chi connectivity index (χ4n) is 2.39. The number of Topliss-reactive ketones (excluding diaryl/α,β-unsaturated/α-hetero) is 1. The zero-order valence-electron chi connectivity index (χ0n) is 10.8. The topological polar surface area (TPSA) is 50.3 Å². The molecule has 1 aromatic heterocycles. The Morgan fingerprint density at radius 1 is 1.25 bits per heavy atom. The van der Waals surface area contributed by atoms with Crippen LogP contribution in [0.3, 0.4) is 0 Å². The van der Waals surface area contributed by atoms with Gasteiger partial charge < -0.3 is 0 Å². The van der Waals surface area contributed by atoms with E-state index in [9.17, 15) is 9.59 Å². The number of rotatable bonds is 2. The van der Waals surface area contributed by atoms with E-state index in [-0.39, 0.29) is 0 Å². The summed E-state index contributed by atoms with van der Waals surface area (Å²) in [7, 11) is 0. The number of halogens is 1. The molecule has 1 amide bonds. The van der Waals surface area contributed by atoms with Crippen LogP contribution in [0.25, 0.3) is 0 Å². The first-order chi connectivity index (χ1) is 9.59. The van der Waals surface area contributed by atoms with Gasteiger partial charge in [0.15, 0.2) is 0 Å². The van der Waals surface area contributed by atoms with Gasteiger partial charge in [0, 0.05) is 12.4 Å². The van der Waals surface area contributed by atoms with Crippen LogP contribution in [0, 0.1) is 6.92 Å². The number of amides is 1. The van der Waals surface area contributed by atoms with Crippen molar-refractivity contribution in [3.05, 3.63) is 58.4 Å². The molecule has 0 saturated carbocycles. The van der Waals surface area contributed by atoms with Crippen LogP contribution >= 0.6 is 11.6 Å². The number of anilines is 1. The van der Waals surface area contributed by atoms with Gasteiger partial charge in [-0.25, -0.2) is 0 Å². The summed E-state index contributed by atoms with van der Waals surface area (Å²) in [5.74, 6) is -1.09. The first-order valence-electron chi connectivity index (χ1n) is 6.14. The van der Waals surface area contributed by atoms with Gasteiger partial charge in [-0.2, -0.15) is 0 Å². The summed E-state index contributed by atoms with van der Waals surface area (Å²) < 4.78 is 0. The Hall–Kier alpha value is -2.20. The number of hydrogen-bond donors (Lipinski definition) is 0. The zero-order chi connectivity index (χ0) is 14.3. The zero-order valence-corrected chi connectivity index (χ0v) is 11.5. The highest BCUT2D eigenvalue weighted by Gasteiger charge is 2.38. The highest BCUT2D eigenvalue weighted by Crippen LogP contribution is 2.37. The molecule has 0 saturated heterocycles. The van der Waals surface area contributed by atoms with Gasteiger partial charge >= 0.3 is 0 Å². The number of hydrogen-bond acceptors (Lipinski definition) is 3. The largest absolute Gasteiger partial charge is 0.300 e. The molecule has 0 fully saturated rings. The average Bonchev–Trinajstić information content (AvgIpc) is 2.70. The molecule has 0 unspecified atom stereocenters. The van der Waals surface area contributed by atoms with Crippen molar-refractivity contribution in [3.8, 4) is 0 Å². The molecular formula is C15H11ClN2O2. The lowest BCUT2D eigenvalue weighted by Crippen LogP contribution is -2.29.